The average Bonchev–Trinajstić information content (AvgIpc) is 2.40. The van der Waals surface area contributed by atoms with Crippen LogP contribution in [0.4, 0.5) is 11.5 Å². The second kappa shape index (κ2) is 6.00. The molecule has 0 aliphatic heterocycles. The highest BCUT2D eigenvalue weighted by Crippen LogP contribution is 2.12. The van der Waals surface area contributed by atoms with Gasteiger partial charge in [0.1, 0.15) is 5.82 Å². The molecule has 0 saturated heterocycles. The monoisotopic (exact) mass is 255 g/mol. The third-order valence-electron chi connectivity index (χ3n) is 2.70. The van der Waals surface area contributed by atoms with Crippen LogP contribution in [0.3, 0.4) is 0 Å². The number of carbonyl (C=O) groups excluding carboxylic acids is 1. The molecule has 1 aromatic heterocycles. The van der Waals surface area contributed by atoms with Crippen molar-refractivity contribution in [3.05, 3.63) is 54.2 Å². The van der Waals surface area contributed by atoms with Crippen molar-refractivity contribution in [1.82, 2.24) is 4.98 Å². The van der Waals surface area contributed by atoms with Crippen LogP contribution in [0.1, 0.15) is 5.56 Å². The zero-order valence-corrected chi connectivity index (χ0v) is 11.1. The van der Waals surface area contributed by atoms with Crippen LogP contribution in [0.15, 0.2) is 48.7 Å². The van der Waals surface area contributed by atoms with Crippen LogP contribution in [-0.2, 0) is 11.2 Å². The van der Waals surface area contributed by atoms with Gasteiger partial charge in [-0.2, -0.15) is 0 Å². The summed E-state index contributed by atoms with van der Waals surface area (Å²) in [5.74, 6) is 0.826. The lowest BCUT2D eigenvalue weighted by molar-refractivity contribution is -0.115. The molecule has 2 rings (SSSR count). The smallest absolute Gasteiger partial charge is 0.228 e. The van der Waals surface area contributed by atoms with Gasteiger partial charge in [-0.25, -0.2) is 4.98 Å². The molecule has 1 amide bonds. The minimum Gasteiger partial charge on any atom is -0.363 e. The summed E-state index contributed by atoms with van der Waals surface area (Å²) >= 11 is 0. The molecule has 0 bridgehead atoms. The quantitative estimate of drug-likeness (QED) is 0.912. The third kappa shape index (κ3) is 3.81. The van der Waals surface area contributed by atoms with Gasteiger partial charge in [-0.3, -0.25) is 4.79 Å². The fourth-order valence-corrected chi connectivity index (χ4v) is 1.71. The van der Waals surface area contributed by atoms with E-state index >= 15 is 0 Å². The number of amides is 1. The summed E-state index contributed by atoms with van der Waals surface area (Å²) in [6, 6.07) is 13.4. The first-order chi connectivity index (χ1) is 9.15. The molecule has 1 heterocycles. The normalized spacial score (nSPS) is 10.0. The summed E-state index contributed by atoms with van der Waals surface area (Å²) in [6.07, 6.45) is 2.04. The molecule has 98 valence electrons. The topological polar surface area (TPSA) is 45.2 Å². The molecule has 19 heavy (non-hydrogen) atoms. The Morgan fingerprint density at radius 2 is 1.89 bits per heavy atom. The predicted molar refractivity (Wildman–Crippen MR) is 77.3 cm³/mol. The molecular weight excluding hydrogens is 238 g/mol. The number of nitrogens with zero attached hydrogens (tertiary/aromatic N) is 2. The van der Waals surface area contributed by atoms with Crippen molar-refractivity contribution in [2.45, 2.75) is 6.42 Å². The standard InChI is InChI=1S/C15H17N3O/c1-18(2)14-9-8-13(11-16-14)17-15(19)10-12-6-4-3-5-7-12/h3-9,11H,10H2,1-2H3,(H,17,19). The lowest BCUT2D eigenvalue weighted by Crippen LogP contribution is -2.15. The summed E-state index contributed by atoms with van der Waals surface area (Å²) in [6.45, 7) is 0. The number of hydrogen-bond acceptors (Lipinski definition) is 3. The second-order valence-electron chi connectivity index (χ2n) is 4.51. The SMILES string of the molecule is CN(C)c1ccc(NC(=O)Cc2ccccc2)cn1. The summed E-state index contributed by atoms with van der Waals surface area (Å²) in [5.41, 5.74) is 1.71. The Morgan fingerprint density at radius 1 is 1.16 bits per heavy atom. The molecule has 0 aliphatic rings. The fraction of sp³-hybridized carbons (Fsp3) is 0.200. The van der Waals surface area contributed by atoms with Crippen LogP contribution in [0, 0.1) is 0 Å². The summed E-state index contributed by atoms with van der Waals surface area (Å²) in [5, 5.41) is 2.84. The van der Waals surface area contributed by atoms with Crippen LogP contribution in [0.25, 0.3) is 0 Å². The van der Waals surface area contributed by atoms with Crippen molar-refractivity contribution in [3.63, 3.8) is 0 Å². The summed E-state index contributed by atoms with van der Waals surface area (Å²) < 4.78 is 0. The minimum atomic E-state index is -0.0365. The van der Waals surface area contributed by atoms with Crippen molar-refractivity contribution < 1.29 is 4.79 Å². The van der Waals surface area contributed by atoms with Crippen LogP contribution >= 0.6 is 0 Å². The summed E-state index contributed by atoms with van der Waals surface area (Å²) in [7, 11) is 3.85. The van der Waals surface area contributed by atoms with Crippen molar-refractivity contribution in [3.8, 4) is 0 Å². The molecule has 0 spiro atoms. The van der Waals surface area contributed by atoms with E-state index in [9.17, 15) is 4.79 Å². The molecule has 0 aliphatic carbocycles. The van der Waals surface area contributed by atoms with Gasteiger partial charge in [0.2, 0.25) is 5.91 Å². The number of carbonyl (C=O) groups is 1. The first kappa shape index (κ1) is 13.1. The molecule has 0 radical (unpaired) electrons. The third-order valence-corrected chi connectivity index (χ3v) is 2.70. The predicted octanol–water partition coefficient (Wildman–Crippen LogP) is 2.33. The first-order valence-corrected chi connectivity index (χ1v) is 6.12. The van der Waals surface area contributed by atoms with E-state index in [0.717, 1.165) is 11.4 Å². The van der Waals surface area contributed by atoms with Crippen molar-refractivity contribution in [2.75, 3.05) is 24.3 Å². The van der Waals surface area contributed by atoms with Gasteiger partial charge >= 0.3 is 0 Å². The van der Waals surface area contributed by atoms with Crippen molar-refractivity contribution in [2.24, 2.45) is 0 Å². The zero-order valence-electron chi connectivity index (χ0n) is 11.1. The van der Waals surface area contributed by atoms with Crippen LogP contribution in [0.2, 0.25) is 0 Å². The fourth-order valence-electron chi connectivity index (χ4n) is 1.71. The van der Waals surface area contributed by atoms with Gasteiger partial charge in [0.25, 0.3) is 0 Å². The maximum Gasteiger partial charge on any atom is 0.228 e. The maximum absolute atomic E-state index is 11.9. The van der Waals surface area contributed by atoms with E-state index < -0.39 is 0 Å². The van der Waals surface area contributed by atoms with Gasteiger partial charge in [-0.1, -0.05) is 30.3 Å². The van der Waals surface area contributed by atoms with Gasteiger partial charge in [-0.05, 0) is 17.7 Å². The highest BCUT2D eigenvalue weighted by molar-refractivity contribution is 5.92. The number of pyridine rings is 1. The van der Waals surface area contributed by atoms with Gasteiger partial charge < -0.3 is 10.2 Å². The van der Waals surface area contributed by atoms with E-state index in [0.29, 0.717) is 12.1 Å². The summed E-state index contributed by atoms with van der Waals surface area (Å²) in [4.78, 5) is 18.0. The van der Waals surface area contributed by atoms with E-state index in [-0.39, 0.29) is 5.91 Å². The van der Waals surface area contributed by atoms with Crippen LogP contribution in [-0.4, -0.2) is 25.0 Å². The Kier molecular flexibility index (Phi) is 4.13. The number of rotatable bonds is 4. The Morgan fingerprint density at radius 3 is 2.47 bits per heavy atom. The molecule has 4 heteroatoms. The van der Waals surface area contributed by atoms with Crippen molar-refractivity contribution >= 4 is 17.4 Å². The van der Waals surface area contributed by atoms with Gasteiger partial charge in [-0.15, -0.1) is 0 Å². The van der Waals surface area contributed by atoms with E-state index in [4.69, 9.17) is 0 Å². The Balaban J connectivity index is 1.95. The average molecular weight is 255 g/mol. The van der Waals surface area contributed by atoms with E-state index in [1.165, 1.54) is 0 Å². The van der Waals surface area contributed by atoms with E-state index in [2.05, 4.69) is 10.3 Å². The molecule has 0 unspecified atom stereocenters. The van der Waals surface area contributed by atoms with Gasteiger partial charge in [0.15, 0.2) is 0 Å². The number of aromatic nitrogens is 1. The first-order valence-electron chi connectivity index (χ1n) is 6.12. The minimum absolute atomic E-state index is 0.0365. The maximum atomic E-state index is 11.9. The zero-order chi connectivity index (χ0) is 13.7. The lowest BCUT2D eigenvalue weighted by Gasteiger charge is -2.11. The molecular formula is C15H17N3O. The molecule has 4 nitrogen and oxygen atoms in total. The Bertz CT molecular complexity index is 535. The van der Waals surface area contributed by atoms with Crippen LogP contribution < -0.4 is 10.2 Å². The van der Waals surface area contributed by atoms with Gasteiger partial charge in [0, 0.05) is 14.1 Å². The van der Waals surface area contributed by atoms with E-state index in [1.807, 2.05) is 61.5 Å². The van der Waals surface area contributed by atoms with Crippen LogP contribution in [0.5, 0.6) is 0 Å². The molecule has 0 atom stereocenters. The van der Waals surface area contributed by atoms with E-state index in [1.54, 1.807) is 6.20 Å². The molecule has 1 aromatic carbocycles. The van der Waals surface area contributed by atoms with Gasteiger partial charge in [0.05, 0.1) is 18.3 Å². The lowest BCUT2D eigenvalue weighted by atomic mass is 10.1. The highest BCUT2D eigenvalue weighted by Gasteiger charge is 2.04. The number of benzene rings is 1. The number of hydrogen-bond donors (Lipinski definition) is 1. The molecule has 2 aromatic rings. The Hall–Kier alpha value is -2.36. The second-order valence-corrected chi connectivity index (χ2v) is 4.51. The highest BCUT2D eigenvalue weighted by atomic mass is 16.1. The molecule has 0 fully saturated rings. The molecule has 1 N–H and O–H groups in total. The molecule has 0 saturated carbocycles. The Labute approximate surface area is 113 Å². The van der Waals surface area contributed by atoms with Crippen molar-refractivity contribution in [1.29, 1.82) is 0 Å². The number of anilines is 2. The largest absolute Gasteiger partial charge is 0.363 e. The number of nitrogens with one attached hydrogen (secondary N) is 1.